The number of hydrogen-bond acceptors (Lipinski definition) is 0. The molecule has 11 rings (SSSR count). The van der Waals surface area contributed by atoms with Crippen molar-refractivity contribution in [3.8, 4) is 61.3 Å². The van der Waals surface area contributed by atoms with Crippen molar-refractivity contribution in [3.05, 3.63) is 284 Å². The maximum Gasteiger partial charge on any atom is 0.0541 e. The average Bonchev–Trinajstić information content (AvgIpc) is 4.15. The third-order valence-corrected chi connectivity index (χ3v) is 13.3. The Kier molecular flexibility index (Phi) is 26.0. The minimum atomic E-state index is 0.151. The van der Waals surface area contributed by atoms with Gasteiger partial charge in [-0.05, 0) is 132 Å². The maximum absolute atomic E-state index is 3.61. The smallest absolute Gasteiger partial charge is 0.0541 e. The fourth-order valence-electron chi connectivity index (χ4n) is 9.56. The molecule has 10 aromatic rings. The van der Waals surface area contributed by atoms with Gasteiger partial charge in [-0.3, -0.25) is 0 Å². The number of aryl methyl sites for hydroxylation is 2. The van der Waals surface area contributed by atoms with Crippen molar-refractivity contribution < 1.29 is 0 Å². The number of para-hydroxylation sites is 1. The molecule has 0 aliphatic heterocycles. The van der Waals surface area contributed by atoms with Crippen LogP contribution < -0.4 is 0 Å². The first-order chi connectivity index (χ1) is 38.6. The van der Waals surface area contributed by atoms with Crippen molar-refractivity contribution >= 4 is 21.8 Å². The molecule has 0 fully saturated rings. The Morgan fingerprint density at radius 2 is 0.873 bits per heavy atom. The molecular formula is C78H89N. The number of nitrogens with zero attached hydrogens (tertiary/aromatic N) is 1. The highest BCUT2D eigenvalue weighted by atomic mass is 15.0. The molecule has 0 bridgehead atoms. The van der Waals surface area contributed by atoms with Crippen LogP contribution in [0.4, 0.5) is 0 Å². The monoisotopic (exact) mass is 1040 g/mol. The lowest BCUT2D eigenvalue weighted by molar-refractivity contribution is 0.660. The van der Waals surface area contributed by atoms with Crippen molar-refractivity contribution in [2.45, 2.75) is 109 Å². The molecule has 1 nitrogen and oxygen atoms in total. The lowest BCUT2D eigenvalue weighted by atomic mass is 9.82. The van der Waals surface area contributed by atoms with E-state index in [9.17, 15) is 0 Å². The zero-order valence-electron chi connectivity index (χ0n) is 50.5. The lowest BCUT2D eigenvalue weighted by Crippen LogP contribution is -2.14. The highest BCUT2D eigenvalue weighted by Gasteiger charge is 2.34. The summed E-state index contributed by atoms with van der Waals surface area (Å²) in [5.74, 6) is 0. The van der Waals surface area contributed by atoms with Gasteiger partial charge in [0.1, 0.15) is 0 Å². The van der Waals surface area contributed by atoms with Crippen molar-refractivity contribution in [1.82, 2.24) is 4.57 Å². The molecule has 0 amide bonds. The largest absolute Gasteiger partial charge is 0.309 e. The molecule has 1 heteroatoms. The molecule has 0 saturated carbocycles. The number of fused-ring (bicyclic) bond motifs is 6. The highest BCUT2D eigenvalue weighted by Crippen LogP contribution is 2.48. The SMILES string of the molecule is C=C/C(C)=C\C=C/C.C=CC.CC.CC.CC.CC.Cc1ccc(-c2cccc(-c3ccc4c(c3)c3ccccc3n4-c3ccc(-c4ccccc4)cc3-c3ccccc3)c2)cc1.Cc1ccc2c(c1)C(C)(C)c1ccccc1-2. The molecule has 0 unspecified atom stereocenters. The van der Waals surface area contributed by atoms with E-state index in [1.165, 1.54) is 111 Å². The standard InChI is InChI=1S/C43H31N.C16H16.C8H12.C3H6.4C2H6/c1-30-19-21-32(22-20-30)34-15-10-16-35(27-34)37-24-26-43-40(29-37)38-17-8-9-18-41(38)44(43)42-25-23-36(31-11-4-2-5-12-31)28-39(42)33-13-6-3-7-14-33;1-11-8-9-13-12-6-4-5-7-14(12)16(2,3)15(13)10-11;1-4-6-7-8(3)5-2;1-3-2;4*1-2/h2-29H,1H3;4-10H,1-3H3;4-7H,2H2,1,3H3;3H,1H2,2H3;4*1-2H3/b;;6-4-,8-7-;;;;;. The van der Waals surface area contributed by atoms with E-state index in [0.717, 1.165) is 0 Å². The van der Waals surface area contributed by atoms with Crippen LogP contribution in [0.25, 0.3) is 83.1 Å². The molecule has 1 heterocycles. The van der Waals surface area contributed by atoms with Gasteiger partial charge in [-0.1, -0.05) is 299 Å². The molecule has 1 aliphatic rings. The molecule has 0 spiro atoms. The van der Waals surface area contributed by atoms with Gasteiger partial charge in [0.25, 0.3) is 0 Å². The topological polar surface area (TPSA) is 4.93 Å². The summed E-state index contributed by atoms with van der Waals surface area (Å²) in [6.07, 6.45) is 9.59. The summed E-state index contributed by atoms with van der Waals surface area (Å²) >= 11 is 0. The van der Waals surface area contributed by atoms with Crippen LogP contribution in [0.1, 0.15) is 112 Å². The number of aromatic nitrogens is 1. The fraction of sp³-hybridized carbons (Fsp3) is 0.205. The second-order valence-electron chi connectivity index (χ2n) is 18.8. The summed E-state index contributed by atoms with van der Waals surface area (Å²) in [5.41, 5.74) is 23.1. The van der Waals surface area contributed by atoms with Crippen molar-refractivity contribution in [1.29, 1.82) is 0 Å². The summed E-state index contributed by atoms with van der Waals surface area (Å²) < 4.78 is 2.44. The van der Waals surface area contributed by atoms with Gasteiger partial charge in [0, 0.05) is 21.8 Å². The summed E-state index contributed by atoms with van der Waals surface area (Å²) in [6, 6.07) is 77.2. The molecular weight excluding hydrogens is 951 g/mol. The summed E-state index contributed by atoms with van der Waals surface area (Å²) in [5, 5.41) is 2.51. The van der Waals surface area contributed by atoms with Crippen LogP contribution in [0, 0.1) is 13.8 Å². The van der Waals surface area contributed by atoms with Crippen LogP contribution in [-0.4, -0.2) is 4.57 Å². The molecule has 0 N–H and O–H groups in total. The van der Waals surface area contributed by atoms with E-state index in [2.05, 4.69) is 258 Å². The summed E-state index contributed by atoms with van der Waals surface area (Å²) in [7, 11) is 0. The molecule has 0 saturated heterocycles. The fourth-order valence-corrected chi connectivity index (χ4v) is 9.56. The minimum absolute atomic E-state index is 0.151. The average molecular weight is 1040 g/mol. The predicted octanol–water partition coefficient (Wildman–Crippen LogP) is 24.1. The zero-order chi connectivity index (χ0) is 57.9. The number of allylic oxidation sites excluding steroid dienone is 6. The third-order valence-electron chi connectivity index (χ3n) is 13.3. The highest BCUT2D eigenvalue weighted by molar-refractivity contribution is 6.11. The summed E-state index contributed by atoms with van der Waals surface area (Å²) in [4.78, 5) is 0. The van der Waals surface area contributed by atoms with Gasteiger partial charge in [-0.25, -0.2) is 0 Å². The zero-order valence-corrected chi connectivity index (χ0v) is 50.5. The normalized spacial score (nSPS) is 11.2. The second kappa shape index (κ2) is 32.5. The Labute approximate surface area is 478 Å². The van der Waals surface area contributed by atoms with E-state index in [-0.39, 0.29) is 5.41 Å². The Morgan fingerprint density at radius 1 is 0.405 bits per heavy atom. The van der Waals surface area contributed by atoms with Crippen LogP contribution in [-0.2, 0) is 5.41 Å². The number of benzene rings is 9. The molecule has 0 atom stereocenters. The Hall–Kier alpha value is -8.26. The van der Waals surface area contributed by atoms with Crippen LogP contribution in [0.5, 0.6) is 0 Å². The Balaban J connectivity index is 0.000000315. The second-order valence-corrected chi connectivity index (χ2v) is 18.8. The quantitative estimate of drug-likeness (QED) is 0.111. The number of hydrogen-bond donors (Lipinski definition) is 0. The van der Waals surface area contributed by atoms with Gasteiger partial charge in [-0.2, -0.15) is 0 Å². The van der Waals surface area contributed by atoms with Gasteiger partial charge >= 0.3 is 0 Å². The molecule has 1 aliphatic carbocycles. The van der Waals surface area contributed by atoms with Crippen LogP contribution in [0.2, 0.25) is 0 Å². The van der Waals surface area contributed by atoms with Gasteiger partial charge < -0.3 is 4.57 Å². The lowest BCUT2D eigenvalue weighted by Gasteiger charge is -2.21. The van der Waals surface area contributed by atoms with E-state index in [1.807, 2.05) is 100 Å². The molecule has 79 heavy (non-hydrogen) atoms. The van der Waals surface area contributed by atoms with Crippen LogP contribution in [0.15, 0.2) is 261 Å². The Bertz CT molecular complexity index is 3500. The van der Waals surface area contributed by atoms with E-state index >= 15 is 0 Å². The minimum Gasteiger partial charge on any atom is -0.309 e. The van der Waals surface area contributed by atoms with Crippen molar-refractivity contribution in [2.75, 3.05) is 0 Å². The third kappa shape index (κ3) is 15.7. The van der Waals surface area contributed by atoms with Crippen molar-refractivity contribution in [2.24, 2.45) is 0 Å². The first-order valence-electron chi connectivity index (χ1n) is 28.7. The van der Waals surface area contributed by atoms with Gasteiger partial charge in [0.15, 0.2) is 0 Å². The van der Waals surface area contributed by atoms with Crippen LogP contribution >= 0.6 is 0 Å². The van der Waals surface area contributed by atoms with E-state index < -0.39 is 0 Å². The van der Waals surface area contributed by atoms with Gasteiger partial charge in [0.2, 0.25) is 0 Å². The summed E-state index contributed by atoms with van der Waals surface area (Å²) in [6.45, 7) is 37.8. The van der Waals surface area contributed by atoms with Gasteiger partial charge in [0.05, 0.1) is 16.7 Å². The molecule has 9 aromatic carbocycles. The predicted molar refractivity (Wildman–Crippen MR) is 356 cm³/mol. The molecule has 1 aromatic heterocycles. The molecule has 406 valence electrons. The van der Waals surface area contributed by atoms with Crippen molar-refractivity contribution in [3.63, 3.8) is 0 Å². The first kappa shape index (κ1) is 63.3. The van der Waals surface area contributed by atoms with E-state index in [0.29, 0.717) is 0 Å². The Morgan fingerprint density at radius 3 is 1.51 bits per heavy atom. The maximum atomic E-state index is 3.61. The number of rotatable bonds is 7. The first-order valence-corrected chi connectivity index (χ1v) is 28.7. The van der Waals surface area contributed by atoms with E-state index in [1.54, 1.807) is 6.08 Å². The molecule has 0 radical (unpaired) electrons. The van der Waals surface area contributed by atoms with Crippen LogP contribution in [0.3, 0.4) is 0 Å². The van der Waals surface area contributed by atoms with Gasteiger partial charge in [-0.15, -0.1) is 6.58 Å². The van der Waals surface area contributed by atoms with E-state index in [4.69, 9.17) is 0 Å².